The lowest BCUT2D eigenvalue weighted by Crippen LogP contribution is -2.47. The normalized spacial score (nSPS) is 33.2. The average molecular weight is 274 g/mol. The second-order valence-electron chi connectivity index (χ2n) is 5.83. The summed E-state index contributed by atoms with van der Waals surface area (Å²) in [5.41, 5.74) is 0. The van der Waals surface area contributed by atoms with Gasteiger partial charge in [-0.05, 0) is 43.9 Å². The van der Waals surface area contributed by atoms with Crippen LogP contribution in [-0.2, 0) is 10.2 Å². The van der Waals surface area contributed by atoms with Gasteiger partial charge in [-0.3, -0.25) is 0 Å². The molecule has 2 bridgehead atoms. The Kier molecular flexibility index (Phi) is 4.34. The first-order chi connectivity index (χ1) is 8.47. The van der Waals surface area contributed by atoms with Gasteiger partial charge in [-0.2, -0.15) is 17.4 Å². The highest BCUT2D eigenvalue weighted by Gasteiger charge is 2.42. The van der Waals surface area contributed by atoms with Crippen LogP contribution in [0.1, 0.15) is 46.5 Å². The minimum absolute atomic E-state index is 0.0749. The Morgan fingerprint density at radius 3 is 2.33 bits per heavy atom. The summed E-state index contributed by atoms with van der Waals surface area (Å²) in [5, 5.41) is 0. The lowest BCUT2D eigenvalue weighted by Gasteiger charge is -2.30. The Morgan fingerprint density at radius 1 is 1.22 bits per heavy atom. The minimum atomic E-state index is -3.29. The van der Waals surface area contributed by atoms with Gasteiger partial charge in [-0.15, -0.1) is 0 Å². The van der Waals surface area contributed by atoms with E-state index >= 15 is 0 Å². The first-order valence-electron chi connectivity index (χ1n) is 7.25. The van der Waals surface area contributed by atoms with Crippen molar-refractivity contribution in [2.24, 2.45) is 17.8 Å². The minimum Gasteiger partial charge on any atom is -0.199 e. The van der Waals surface area contributed by atoms with Crippen molar-refractivity contribution in [1.29, 1.82) is 0 Å². The maximum absolute atomic E-state index is 12.2. The smallest absolute Gasteiger partial charge is 0.199 e. The van der Waals surface area contributed by atoms with Crippen molar-refractivity contribution in [3.63, 3.8) is 0 Å². The summed E-state index contributed by atoms with van der Waals surface area (Å²) in [4.78, 5) is 0. The zero-order valence-electron chi connectivity index (χ0n) is 11.7. The van der Waals surface area contributed by atoms with Gasteiger partial charge in [0.2, 0.25) is 0 Å². The van der Waals surface area contributed by atoms with Crippen LogP contribution in [0.15, 0.2) is 0 Å². The van der Waals surface area contributed by atoms with Gasteiger partial charge in [0.05, 0.1) is 0 Å². The Hall–Kier alpha value is -0.130. The van der Waals surface area contributed by atoms with E-state index in [0.717, 1.165) is 11.8 Å². The van der Waals surface area contributed by atoms with Crippen molar-refractivity contribution in [3.8, 4) is 0 Å². The van der Waals surface area contributed by atoms with Gasteiger partial charge in [0, 0.05) is 19.1 Å². The summed E-state index contributed by atoms with van der Waals surface area (Å²) in [7, 11) is -3.29. The van der Waals surface area contributed by atoms with Crippen LogP contribution < -0.4 is 4.72 Å². The number of fused-ring (bicyclic) bond motifs is 2. The molecule has 0 saturated heterocycles. The molecule has 0 aromatic heterocycles. The number of nitrogens with zero attached hydrogens (tertiary/aromatic N) is 1. The van der Waals surface area contributed by atoms with E-state index in [-0.39, 0.29) is 6.04 Å². The summed E-state index contributed by atoms with van der Waals surface area (Å²) in [6, 6.07) is 0.0749. The van der Waals surface area contributed by atoms with Gasteiger partial charge < -0.3 is 0 Å². The Bertz CT molecular complexity index is 378. The lowest BCUT2D eigenvalue weighted by molar-refractivity contribution is 0.276. The summed E-state index contributed by atoms with van der Waals surface area (Å²) >= 11 is 0. The quantitative estimate of drug-likeness (QED) is 0.805. The first kappa shape index (κ1) is 14.3. The maximum Gasteiger partial charge on any atom is 0.279 e. The maximum atomic E-state index is 12.2. The van der Waals surface area contributed by atoms with Crippen LogP contribution in [-0.4, -0.2) is 31.9 Å². The fraction of sp³-hybridized carbons (Fsp3) is 1.00. The predicted molar refractivity (Wildman–Crippen MR) is 73.4 cm³/mol. The summed E-state index contributed by atoms with van der Waals surface area (Å²) in [6.45, 7) is 6.87. The molecule has 0 aliphatic heterocycles. The summed E-state index contributed by atoms with van der Waals surface area (Å²) < 4.78 is 28.7. The van der Waals surface area contributed by atoms with E-state index in [4.69, 9.17) is 0 Å². The zero-order valence-corrected chi connectivity index (χ0v) is 12.5. The molecule has 0 spiro atoms. The number of hydrogen-bond acceptors (Lipinski definition) is 2. The lowest BCUT2D eigenvalue weighted by atomic mass is 9.84. The highest BCUT2D eigenvalue weighted by atomic mass is 32.2. The van der Waals surface area contributed by atoms with Crippen molar-refractivity contribution in [1.82, 2.24) is 9.03 Å². The number of hydrogen-bond donors (Lipinski definition) is 1. The molecule has 0 heterocycles. The van der Waals surface area contributed by atoms with Crippen LogP contribution in [0.4, 0.5) is 0 Å². The molecule has 0 aromatic carbocycles. The van der Waals surface area contributed by atoms with E-state index in [2.05, 4.69) is 4.72 Å². The van der Waals surface area contributed by atoms with Crippen LogP contribution in [0, 0.1) is 17.8 Å². The van der Waals surface area contributed by atoms with Gasteiger partial charge >= 0.3 is 0 Å². The fourth-order valence-electron chi connectivity index (χ4n) is 3.87. The predicted octanol–water partition coefficient (Wildman–Crippen LogP) is 1.99. The molecule has 4 nitrogen and oxygen atoms in total. The van der Waals surface area contributed by atoms with Crippen LogP contribution in [0.5, 0.6) is 0 Å². The second-order valence-corrected chi connectivity index (χ2v) is 7.54. The number of rotatable bonds is 6. The van der Waals surface area contributed by atoms with Crippen LogP contribution in [0.25, 0.3) is 0 Å². The van der Waals surface area contributed by atoms with E-state index < -0.39 is 10.2 Å². The Labute approximate surface area is 111 Å². The molecule has 2 aliphatic carbocycles. The van der Waals surface area contributed by atoms with E-state index in [0.29, 0.717) is 19.0 Å². The average Bonchev–Trinajstić information content (AvgIpc) is 2.91. The Balaban J connectivity index is 1.96. The molecule has 1 N–H and O–H groups in total. The van der Waals surface area contributed by atoms with Gasteiger partial charge in [-0.1, -0.05) is 20.3 Å². The standard InChI is InChI=1S/C13H26N2O2S/c1-4-15(5-2)18(16,17)14-10(3)13-9-11-6-7-12(13)8-11/h10-14H,4-9H2,1-3H3/t10-,11+,12+,13+/m1/s1. The molecule has 2 rings (SSSR count). The molecule has 2 aliphatic rings. The SMILES string of the molecule is CCN(CC)S(=O)(=O)N[C@H](C)[C@@H]1C[C@H]2CC[C@H]1C2. The van der Waals surface area contributed by atoms with Gasteiger partial charge in [0.15, 0.2) is 0 Å². The fourth-order valence-corrected chi connectivity index (χ4v) is 5.34. The molecule has 0 aromatic rings. The van der Waals surface area contributed by atoms with Gasteiger partial charge in [-0.25, -0.2) is 0 Å². The third kappa shape index (κ3) is 2.73. The zero-order chi connectivity index (χ0) is 13.3. The van der Waals surface area contributed by atoms with E-state index in [9.17, 15) is 8.42 Å². The third-order valence-corrected chi connectivity index (χ3v) is 6.68. The molecule has 2 saturated carbocycles. The largest absolute Gasteiger partial charge is 0.279 e. The molecule has 4 atom stereocenters. The second kappa shape index (κ2) is 5.47. The van der Waals surface area contributed by atoms with Crippen molar-refractivity contribution in [2.45, 2.75) is 52.5 Å². The molecular formula is C13H26N2O2S. The molecule has 0 unspecified atom stereocenters. The first-order valence-corrected chi connectivity index (χ1v) is 8.69. The molecule has 2 fully saturated rings. The van der Waals surface area contributed by atoms with Crippen LogP contribution >= 0.6 is 0 Å². The van der Waals surface area contributed by atoms with Crippen molar-refractivity contribution < 1.29 is 8.42 Å². The molecule has 106 valence electrons. The third-order valence-electron chi connectivity index (χ3n) is 4.82. The van der Waals surface area contributed by atoms with Gasteiger partial charge in [0.25, 0.3) is 10.2 Å². The highest BCUT2D eigenvalue weighted by molar-refractivity contribution is 7.87. The van der Waals surface area contributed by atoms with E-state index in [1.807, 2.05) is 20.8 Å². The van der Waals surface area contributed by atoms with Gasteiger partial charge in [0.1, 0.15) is 0 Å². The van der Waals surface area contributed by atoms with Crippen LogP contribution in [0.3, 0.4) is 0 Å². The van der Waals surface area contributed by atoms with Crippen molar-refractivity contribution in [3.05, 3.63) is 0 Å². The van der Waals surface area contributed by atoms with Crippen molar-refractivity contribution in [2.75, 3.05) is 13.1 Å². The highest BCUT2D eigenvalue weighted by Crippen LogP contribution is 2.49. The molecular weight excluding hydrogens is 248 g/mol. The summed E-state index contributed by atoms with van der Waals surface area (Å²) in [6.07, 6.45) is 5.19. The molecule has 0 amide bonds. The van der Waals surface area contributed by atoms with Crippen LogP contribution in [0.2, 0.25) is 0 Å². The summed E-state index contributed by atoms with van der Waals surface area (Å²) in [5.74, 6) is 2.17. The molecule has 0 radical (unpaired) electrons. The molecule has 5 heteroatoms. The monoisotopic (exact) mass is 274 g/mol. The topological polar surface area (TPSA) is 49.4 Å². The number of nitrogens with one attached hydrogen (secondary N) is 1. The van der Waals surface area contributed by atoms with E-state index in [1.165, 1.54) is 30.0 Å². The van der Waals surface area contributed by atoms with E-state index in [1.54, 1.807) is 0 Å². The molecule has 18 heavy (non-hydrogen) atoms. The van der Waals surface area contributed by atoms with Crippen molar-refractivity contribution >= 4 is 10.2 Å². The Morgan fingerprint density at radius 2 is 1.89 bits per heavy atom.